The lowest BCUT2D eigenvalue weighted by molar-refractivity contribution is -0.113. The molecule has 0 aliphatic carbocycles. The third-order valence-electron chi connectivity index (χ3n) is 1.72. The Balaban J connectivity index is 3.31. The maximum atomic E-state index is 11.6. The third kappa shape index (κ3) is 1.69. The van der Waals surface area contributed by atoms with Gasteiger partial charge in [-0.15, -0.1) is 0 Å². The second-order valence-corrected chi connectivity index (χ2v) is 4.63. The Hall–Kier alpha value is -1.56. The lowest BCUT2D eigenvalue weighted by Crippen LogP contribution is -2.25. The van der Waals surface area contributed by atoms with E-state index >= 15 is 0 Å². The molecule has 1 aromatic carbocycles. The number of amides is 1. The Morgan fingerprint density at radius 3 is 2.43 bits per heavy atom. The van der Waals surface area contributed by atoms with Crippen molar-refractivity contribution in [2.24, 2.45) is 0 Å². The number of para-hydroxylation sites is 1. The van der Waals surface area contributed by atoms with Crippen molar-refractivity contribution in [1.82, 2.24) is 4.31 Å². The summed E-state index contributed by atoms with van der Waals surface area (Å²) in [6.45, 7) is 0. The van der Waals surface area contributed by atoms with E-state index in [4.69, 9.17) is 5.73 Å². The molecule has 0 radical (unpaired) electrons. The molecule has 1 aromatic rings. The van der Waals surface area contributed by atoms with Crippen LogP contribution in [0.5, 0.6) is 0 Å². The number of rotatable bonds is 3. The average Bonchev–Trinajstić information content (AvgIpc) is 2.17. The Kier molecular flexibility index (Phi) is 2.76. The van der Waals surface area contributed by atoms with Crippen LogP contribution in [0.4, 0.5) is 5.69 Å². The highest BCUT2D eigenvalue weighted by Gasteiger charge is 2.21. The molecule has 0 aromatic heterocycles. The summed E-state index contributed by atoms with van der Waals surface area (Å²) >= 11 is 0. The first-order valence-corrected chi connectivity index (χ1v) is 5.22. The summed E-state index contributed by atoms with van der Waals surface area (Å²) in [7, 11) is -2.62. The van der Waals surface area contributed by atoms with Crippen molar-refractivity contribution in [3.8, 4) is 0 Å². The lowest BCUT2D eigenvalue weighted by atomic mass is 10.3. The van der Waals surface area contributed by atoms with E-state index in [1.807, 2.05) is 0 Å². The molecule has 0 atom stereocenters. The molecule has 1 amide bonds. The fourth-order valence-corrected chi connectivity index (χ4v) is 1.97. The van der Waals surface area contributed by atoms with E-state index in [1.165, 1.54) is 12.1 Å². The van der Waals surface area contributed by atoms with Gasteiger partial charge in [0.25, 0.3) is 10.0 Å². The van der Waals surface area contributed by atoms with Crippen LogP contribution >= 0.6 is 0 Å². The molecule has 0 heterocycles. The zero-order valence-electron chi connectivity index (χ0n) is 7.54. The first-order valence-electron chi connectivity index (χ1n) is 3.78. The van der Waals surface area contributed by atoms with Gasteiger partial charge in [0, 0.05) is 7.05 Å². The topological polar surface area (TPSA) is 80.5 Å². The summed E-state index contributed by atoms with van der Waals surface area (Å²) < 4.78 is 23.8. The van der Waals surface area contributed by atoms with Gasteiger partial charge in [-0.1, -0.05) is 12.1 Å². The van der Waals surface area contributed by atoms with Crippen molar-refractivity contribution < 1.29 is 13.2 Å². The van der Waals surface area contributed by atoms with Gasteiger partial charge in [-0.3, -0.25) is 4.79 Å². The summed E-state index contributed by atoms with van der Waals surface area (Å²) in [5, 5.41) is 0. The molecule has 14 heavy (non-hydrogen) atoms. The van der Waals surface area contributed by atoms with Gasteiger partial charge in [0.1, 0.15) is 4.90 Å². The third-order valence-corrected chi connectivity index (χ3v) is 3.50. The predicted octanol–water partition coefficient (Wildman–Crippen LogP) is 0.0457. The number of hydrogen-bond donors (Lipinski definition) is 1. The minimum atomic E-state index is -3.78. The molecule has 0 bridgehead atoms. The maximum Gasteiger partial charge on any atom is 0.268 e. The number of carbonyl (C=O) groups excluding carboxylic acids is 1. The number of anilines is 1. The van der Waals surface area contributed by atoms with Gasteiger partial charge in [0.2, 0.25) is 6.41 Å². The molecule has 5 nitrogen and oxygen atoms in total. The SMILES string of the molecule is CN(C=O)S(=O)(=O)c1ccccc1N. The summed E-state index contributed by atoms with van der Waals surface area (Å²) in [6.07, 6.45) is 0.224. The molecule has 0 fully saturated rings. The number of benzene rings is 1. The quantitative estimate of drug-likeness (QED) is 0.569. The molecule has 0 unspecified atom stereocenters. The van der Waals surface area contributed by atoms with Gasteiger partial charge in [-0.2, -0.15) is 0 Å². The zero-order chi connectivity index (χ0) is 10.8. The van der Waals surface area contributed by atoms with Crippen LogP contribution in [0.25, 0.3) is 0 Å². The number of nitrogens with zero attached hydrogens (tertiary/aromatic N) is 1. The van der Waals surface area contributed by atoms with Gasteiger partial charge >= 0.3 is 0 Å². The van der Waals surface area contributed by atoms with E-state index in [2.05, 4.69) is 0 Å². The molecule has 0 saturated heterocycles. The minimum Gasteiger partial charge on any atom is -0.398 e. The maximum absolute atomic E-state index is 11.6. The van der Waals surface area contributed by atoms with Gasteiger partial charge in [0.15, 0.2) is 0 Å². The van der Waals surface area contributed by atoms with E-state index in [0.29, 0.717) is 4.31 Å². The van der Waals surface area contributed by atoms with Crippen molar-refractivity contribution in [3.63, 3.8) is 0 Å². The second kappa shape index (κ2) is 3.67. The van der Waals surface area contributed by atoms with E-state index in [-0.39, 0.29) is 17.0 Å². The molecule has 6 heteroatoms. The van der Waals surface area contributed by atoms with Crippen molar-refractivity contribution in [3.05, 3.63) is 24.3 Å². The summed E-state index contributed by atoms with van der Waals surface area (Å²) in [6, 6.07) is 5.98. The molecule has 0 saturated carbocycles. The van der Waals surface area contributed by atoms with Gasteiger partial charge in [-0.25, -0.2) is 12.7 Å². The highest BCUT2D eigenvalue weighted by molar-refractivity contribution is 7.89. The molecule has 0 aliphatic rings. The zero-order valence-corrected chi connectivity index (χ0v) is 8.36. The van der Waals surface area contributed by atoms with Gasteiger partial charge in [-0.05, 0) is 12.1 Å². The first kappa shape index (κ1) is 10.5. The first-order chi connectivity index (χ1) is 6.50. The monoisotopic (exact) mass is 214 g/mol. The van der Waals surface area contributed by atoms with Crippen molar-refractivity contribution in [2.45, 2.75) is 4.90 Å². The van der Waals surface area contributed by atoms with Crippen molar-refractivity contribution in [2.75, 3.05) is 12.8 Å². The minimum absolute atomic E-state index is 0.0606. The van der Waals surface area contributed by atoms with Crippen LogP contribution in [0.15, 0.2) is 29.2 Å². The Morgan fingerprint density at radius 1 is 1.36 bits per heavy atom. The molecule has 0 aliphatic heterocycles. The normalized spacial score (nSPS) is 10.9. The molecule has 0 spiro atoms. The van der Waals surface area contributed by atoms with Crippen LogP contribution in [0.1, 0.15) is 0 Å². The fraction of sp³-hybridized carbons (Fsp3) is 0.125. The average molecular weight is 214 g/mol. The fourth-order valence-electron chi connectivity index (χ4n) is 0.927. The lowest BCUT2D eigenvalue weighted by Gasteiger charge is -2.12. The largest absolute Gasteiger partial charge is 0.398 e. The van der Waals surface area contributed by atoms with E-state index in [1.54, 1.807) is 12.1 Å². The summed E-state index contributed by atoms with van der Waals surface area (Å²) in [5.41, 5.74) is 5.60. The standard InChI is InChI=1S/C8H10N2O3S/c1-10(6-11)14(12,13)8-5-3-2-4-7(8)9/h2-6H,9H2,1H3. The van der Waals surface area contributed by atoms with Gasteiger partial charge < -0.3 is 5.73 Å². The number of hydrogen-bond acceptors (Lipinski definition) is 4. The Morgan fingerprint density at radius 2 is 1.93 bits per heavy atom. The Labute approximate surface area is 82.2 Å². The number of nitrogen functional groups attached to an aromatic ring is 1. The highest BCUT2D eigenvalue weighted by Crippen LogP contribution is 2.19. The van der Waals surface area contributed by atoms with Crippen LogP contribution in [0, 0.1) is 0 Å². The van der Waals surface area contributed by atoms with Crippen molar-refractivity contribution in [1.29, 1.82) is 0 Å². The highest BCUT2D eigenvalue weighted by atomic mass is 32.2. The summed E-state index contributed by atoms with van der Waals surface area (Å²) in [5.74, 6) is 0. The number of sulfonamides is 1. The van der Waals surface area contributed by atoms with Crippen molar-refractivity contribution >= 4 is 22.1 Å². The van der Waals surface area contributed by atoms with E-state index < -0.39 is 10.0 Å². The van der Waals surface area contributed by atoms with E-state index in [9.17, 15) is 13.2 Å². The van der Waals surface area contributed by atoms with Gasteiger partial charge in [0.05, 0.1) is 5.69 Å². The Bertz CT molecular complexity index is 442. The van der Waals surface area contributed by atoms with E-state index in [0.717, 1.165) is 7.05 Å². The van der Waals surface area contributed by atoms with Crippen LogP contribution in [0.3, 0.4) is 0 Å². The number of carbonyl (C=O) groups is 1. The second-order valence-electron chi connectivity index (χ2n) is 2.66. The summed E-state index contributed by atoms with van der Waals surface area (Å²) in [4.78, 5) is 10.3. The number of nitrogens with two attached hydrogens (primary N) is 1. The predicted molar refractivity (Wildman–Crippen MR) is 51.9 cm³/mol. The van der Waals surface area contributed by atoms with Crippen LogP contribution in [0.2, 0.25) is 0 Å². The smallest absolute Gasteiger partial charge is 0.268 e. The molecule has 2 N–H and O–H groups in total. The van der Waals surface area contributed by atoms with Crippen LogP contribution in [-0.2, 0) is 14.8 Å². The molecular formula is C8H10N2O3S. The van der Waals surface area contributed by atoms with Crippen LogP contribution < -0.4 is 5.73 Å². The molecule has 76 valence electrons. The van der Waals surface area contributed by atoms with Crippen LogP contribution in [-0.4, -0.2) is 26.2 Å². The molecular weight excluding hydrogens is 204 g/mol. The molecule has 1 rings (SSSR count).